The van der Waals surface area contributed by atoms with Crippen molar-refractivity contribution in [1.82, 2.24) is 9.88 Å². The number of amides is 3. The molecule has 4 N–H and O–H groups in total. The van der Waals surface area contributed by atoms with Crippen molar-refractivity contribution in [3.63, 3.8) is 0 Å². The number of nitrogens with zero attached hydrogens (tertiary/aromatic N) is 2. The summed E-state index contributed by atoms with van der Waals surface area (Å²) in [6.45, 7) is 3.58. The molecule has 4 rings (SSSR count). The van der Waals surface area contributed by atoms with Gasteiger partial charge in [0.05, 0.1) is 23.5 Å². The first-order chi connectivity index (χ1) is 14.9. The molecule has 0 bridgehead atoms. The molecule has 2 aliphatic heterocycles. The monoisotopic (exact) mass is 421 g/mol. The van der Waals surface area contributed by atoms with Gasteiger partial charge in [-0.05, 0) is 54.9 Å². The first-order valence-corrected chi connectivity index (χ1v) is 10.7. The zero-order valence-corrected chi connectivity index (χ0v) is 17.6. The summed E-state index contributed by atoms with van der Waals surface area (Å²) < 4.78 is 0. The van der Waals surface area contributed by atoms with Crippen LogP contribution in [0.15, 0.2) is 36.7 Å². The molecule has 0 spiro atoms. The number of primary amides is 1. The molecule has 1 saturated heterocycles. The van der Waals surface area contributed by atoms with Gasteiger partial charge in [0.25, 0.3) is 0 Å². The number of piperidine rings is 1. The number of aryl methyl sites for hydroxylation is 1. The smallest absolute Gasteiger partial charge is 0.313 e. The van der Waals surface area contributed by atoms with Gasteiger partial charge in [-0.15, -0.1) is 0 Å². The summed E-state index contributed by atoms with van der Waals surface area (Å²) >= 11 is 0. The first kappa shape index (κ1) is 20.8. The van der Waals surface area contributed by atoms with E-state index in [4.69, 9.17) is 5.73 Å². The first-order valence-electron chi connectivity index (χ1n) is 10.7. The lowest BCUT2D eigenvalue weighted by atomic mass is 9.88. The zero-order chi connectivity index (χ0) is 22.0. The molecule has 2 atom stereocenters. The number of nitrogens with one attached hydrogen (secondary N) is 2. The number of likely N-dealkylation sites (tertiary alicyclic amines) is 1. The predicted molar refractivity (Wildman–Crippen MR) is 117 cm³/mol. The molecule has 8 heteroatoms. The minimum Gasteiger partial charge on any atom is -0.385 e. The Morgan fingerprint density at radius 2 is 2.03 bits per heavy atom. The molecule has 0 radical (unpaired) electrons. The van der Waals surface area contributed by atoms with Crippen LogP contribution < -0.4 is 16.4 Å². The highest BCUT2D eigenvalue weighted by atomic mass is 16.2. The van der Waals surface area contributed by atoms with Gasteiger partial charge < -0.3 is 21.3 Å². The van der Waals surface area contributed by atoms with E-state index in [1.54, 1.807) is 4.90 Å². The highest BCUT2D eigenvalue weighted by Gasteiger charge is 2.34. The van der Waals surface area contributed by atoms with Crippen LogP contribution >= 0.6 is 0 Å². The lowest BCUT2D eigenvalue weighted by Crippen LogP contribution is -2.46. The van der Waals surface area contributed by atoms with E-state index in [1.807, 2.05) is 0 Å². The van der Waals surface area contributed by atoms with Crippen LogP contribution in [0, 0.1) is 5.92 Å². The van der Waals surface area contributed by atoms with Gasteiger partial charge in [0.15, 0.2) is 0 Å². The number of carbonyl (C=O) groups excluding carboxylic acids is 3. The molecule has 8 nitrogen and oxygen atoms in total. The number of hydrogen-bond donors (Lipinski definition) is 3. The number of carbonyl (C=O) groups is 3. The molecule has 162 valence electrons. The number of anilines is 2. The number of fused-ring (bicyclic) bond motifs is 1. The second kappa shape index (κ2) is 8.75. The minimum absolute atomic E-state index is 0.142. The summed E-state index contributed by atoms with van der Waals surface area (Å²) in [6.07, 6.45) is 6.59. The number of hydrogen-bond acceptors (Lipinski definition) is 5. The van der Waals surface area contributed by atoms with Crippen molar-refractivity contribution in [1.29, 1.82) is 0 Å². The zero-order valence-electron chi connectivity index (χ0n) is 17.6. The van der Waals surface area contributed by atoms with E-state index in [2.05, 4.69) is 40.7 Å². The Morgan fingerprint density at radius 1 is 1.19 bits per heavy atom. The molecule has 1 aromatic heterocycles. The van der Waals surface area contributed by atoms with Crippen LogP contribution in [0.1, 0.15) is 53.7 Å². The van der Waals surface area contributed by atoms with Crippen molar-refractivity contribution in [2.24, 2.45) is 11.7 Å². The molecule has 1 aromatic carbocycles. The van der Waals surface area contributed by atoms with E-state index >= 15 is 0 Å². The summed E-state index contributed by atoms with van der Waals surface area (Å²) in [5, 5.41) is 5.97. The highest BCUT2D eigenvalue weighted by Crippen LogP contribution is 2.35. The van der Waals surface area contributed by atoms with Gasteiger partial charge in [0.2, 0.25) is 5.91 Å². The molecule has 2 aliphatic rings. The summed E-state index contributed by atoms with van der Waals surface area (Å²) in [5.74, 6) is -1.67. The third kappa shape index (κ3) is 4.52. The van der Waals surface area contributed by atoms with Crippen molar-refractivity contribution in [2.45, 2.75) is 38.6 Å². The van der Waals surface area contributed by atoms with Crippen molar-refractivity contribution >= 4 is 29.1 Å². The Labute approximate surface area is 181 Å². The molecule has 2 aromatic rings. The topological polar surface area (TPSA) is 117 Å². The van der Waals surface area contributed by atoms with Crippen LogP contribution in [0.5, 0.6) is 0 Å². The fourth-order valence-electron chi connectivity index (χ4n) is 4.38. The summed E-state index contributed by atoms with van der Waals surface area (Å²) in [6, 6.07) is 7.56. The number of nitrogens with two attached hydrogens (primary N) is 1. The normalized spacial score (nSPS) is 20.4. The molecule has 0 aliphatic carbocycles. The number of aromatic nitrogens is 1. The van der Waals surface area contributed by atoms with Crippen LogP contribution in [0.2, 0.25) is 0 Å². The largest absolute Gasteiger partial charge is 0.385 e. The Hall–Kier alpha value is -3.42. The van der Waals surface area contributed by atoms with Crippen molar-refractivity contribution in [3.8, 4) is 0 Å². The molecular formula is C23H27N5O3. The summed E-state index contributed by atoms with van der Waals surface area (Å²) in [7, 11) is 0. The van der Waals surface area contributed by atoms with Crippen LogP contribution in [-0.2, 0) is 16.0 Å². The van der Waals surface area contributed by atoms with Gasteiger partial charge in [0.1, 0.15) is 0 Å². The lowest BCUT2D eigenvalue weighted by molar-refractivity contribution is -0.146. The second-order valence-corrected chi connectivity index (χ2v) is 8.38. The fraction of sp³-hybridized carbons (Fsp3) is 0.391. The van der Waals surface area contributed by atoms with Gasteiger partial charge in [-0.25, -0.2) is 0 Å². The number of rotatable bonds is 3. The molecular weight excluding hydrogens is 394 g/mol. The Morgan fingerprint density at radius 3 is 2.84 bits per heavy atom. The standard InChI is InChI=1S/C23H27N5O3/c1-14-4-7-20(16-5-6-19-15(9-16)3-2-8-26-19)28(13-14)23(31)22(30)27-18-10-17(21(24)29)11-25-12-18/h5-6,9-12,14,20,26H,2-4,7-8,13H2,1H3,(H2,24,29)(H,27,30)/t14-,20+/m0/s1. The van der Waals surface area contributed by atoms with Gasteiger partial charge in [-0.1, -0.05) is 19.1 Å². The Balaban J connectivity index is 1.55. The van der Waals surface area contributed by atoms with Crippen LogP contribution in [0.25, 0.3) is 0 Å². The van der Waals surface area contributed by atoms with Crippen LogP contribution in [0.3, 0.4) is 0 Å². The second-order valence-electron chi connectivity index (χ2n) is 8.38. The minimum atomic E-state index is -0.748. The van der Waals surface area contributed by atoms with E-state index in [1.165, 1.54) is 24.0 Å². The van der Waals surface area contributed by atoms with Crippen LogP contribution in [-0.4, -0.2) is 40.7 Å². The van der Waals surface area contributed by atoms with Crippen molar-refractivity contribution < 1.29 is 14.4 Å². The lowest BCUT2D eigenvalue weighted by Gasteiger charge is -2.39. The Kier molecular flexibility index (Phi) is 5.88. The van der Waals surface area contributed by atoms with E-state index in [0.717, 1.165) is 43.5 Å². The van der Waals surface area contributed by atoms with E-state index in [0.29, 0.717) is 12.5 Å². The maximum Gasteiger partial charge on any atom is 0.313 e. The van der Waals surface area contributed by atoms with E-state index in [-0.39, 0.29) is 17.3 Å². The molecule has 0 saturated carbocycles. The third-order valence-corrected chi connectivity index (χ3v) is 6.01. The maximum absolute atomic E-state index is 13.1. The van der Waals surface area contributed by atoms with Crippen molar-refractivity contribution in [3.05, 3.63) is 53.3 Å². The van der Waals surface area contributed by atoms with Crippen LogP contribution in [0.4, 0.5) is 11.4 Å². The molecule has 3 heterocycles. The average Bonchev–Trinajstić information content (AvgIpc) is 2.78. The summed E-state index contributed by atoms with van der Waals surface area (Å²) in [5.41, 5.74) is 9.16. The number of benzene rings is 1. The molecule has 31 heavy (non-hydrogen) atoms. The molecule has 1 fully saturated rings. The maximum atomic E-state index is 13.1. The highest BCUT2D eigenvalue weighted by molar-refractivity contribution is 6.39. The van der Waals surface area contributed by atoms with E-state index < -0.39 is 17.7 Å². The predicted octanol–water partition coefficient (Wildman–Crippen LogP) is 2.48. The SMILES string of the molecule is C[C@H]1CC[C@H](c2ccc3c(c2)CCCN3)N(C(=O)C(=O)Nc2cncc(C(N)=O)c2)C1. The third-order valence-electron chi connectivity index (χ3n) is 6.01. The van der Waals surface area contributed by atoms with Gasteiger partial charge >= 0.3 is 11.8 Å². The van der Waals surface area contributed by atoms with Gasteiger partial charge in [-0.3, -0.25) is 19.4 Å². The summed E-state index contributed by atoms with van der Waals surface area (Å²) in [4.78, 5) is 42.8. The van der Waals surface area contributed by atoms with Gasteiger partial charge in [0, 0.05) is 25.0 Å². The number of pyridine rings is 1. The average molecular weight is 422 g/mol. The van der Waals surface area contributed by atoms with E-state index in [9.17, 15) is 14.4 Å². The molecule has 0 unspecified atom stereocenters. The van der Waals surface area contributed by atoms with Gasteiger partial charge in [-0.2, -0.15) is 0 Å². The molecule has 3 amide bonds. The van der Waals surface area contributed by atoms with Crippen molar-refractivity contribution in [2.75, 3.05) is 23.7 Å². The quantitative estimate of drug-likeness (QED) is 0.658. The Bertz CT molecular complexity index is 1020. The fourth-order valence-corrected chi connectivity index (χ4v) is 4.38.